The van der Waals surface area contributed by atoms with Crippen molar-refractivity contribution in [3.8, 4) is 11.5 Å². The van der Waals surface area contributed by atoms with E-state index in [4.69, 9.17) is 15.2 Å². The van der Waals surface area contributed by atoms with E-state index in [1.54, 1.807) is 14.2 Å². The van der Waals surface area contributed by atoms with Gasteiger partial charge in [-0.25, -0.2) is 0 Å². The average Bonchev–Trinajstić information content (AvgIpc) is 2.50. The van der Waals surface area contributed by atoms with E-state index in [0.29, 0.717) is 5.92 Å². The summed E-state index contributed by atoms with van der Waals surface area (Å²) >= 11 is 0. The summed E-state index contributed by atoms with van der Waals surface area (Å²) in [5, 5.41) is 0. The summed E-state index contributed by atoms with van der Waals surface area (Å²) in [6.07, 6.45) is 7.42. The fourth-order valence-corrected chi connectivity index (χ4v) is 4.39. The number of nitrogens with two attached hydrogens (primary N) is 1. The first-order chi connectivity index (χ1) is 10.1. The summed E-state index contributed by atoms with van der Waals surface area (Å²) in [5.41, 5.74) is 9.55. The van der Waals surface area contributed by atoms with Gasteiger partial charge in [-0.2, -0.15) is 0 Å². The van der Waals surface area contributed by atoms with Crippen LogP contribution in [0.25, 0.3) is 0 Å². The lowest BCUT2D eigenvalue weighted by Crippen LogP contribution is -2.52. The molecule has 2 aliphatic rings. The van der Waals surface area contributed by atoms with Gasteiger partial charge in [0.2, 0.25) is 0 Å². The number of ether oxygens (including phenoxy) is 2. The molecule has 1 fully saturated rings. The second-order valence-electron chi connectivity index (χ2n) is 6.87. The third-order valence-electron chi connectivity index (χ3n) is 5.72. The number of fused-ring (bicyclic) bond motifs is 4. The lowest BCUT2D eigenvalue weighted by Gasteiger charge is -2.47. The molecule has 116 valence electrons. The molecule has 0 aromatic heterocycles. The van der Waals surface area contributed by atoms with Crippen molar-refractivity contribution < 1.29 is 9.47 Å². The molecular formula is C18H27NO2. The molecule has 3 atom stereocenters. The molecule has 0 amide bonds. The van der Waals surface area contributed by atoms with Crippen LogP contribution >= 0.6 is 0 Å². The highest BCUT2D eigenvalue weighted by molar-refractivity contribution is 5.52. The van der Waals surface area contributed by atoms with Crippen molar-refractivity contribution in [3.05, 3.63) is 23.3 Å². The molecule has 1 aromatic rings. The Hall–Kier alpha value is -1.22. The maximum Gasteiger partial charge on any atom is 0.161 e. The summed E-state index contributed by atoms with van der Waals surface area (Å²) < 4.78 is 11.0. The van der Waals surface area contributed by atoms with E-state index in [2.05, 4.69) is 19.1 Å². The third-order valence-corrected chi connectivity index (χ3v) is 5.72. The Labute approximate surface area is 127 Å². The lowest BCUT2D eigenvalue weighted by atomic mass is 9.60. The zero-order chi connectivity index (χ0) is 15.0. The van der Waals surface area contributed by atoms with Crippen LogP contribution in [0.15, 0.2) is 12.1 Å². The van der Waals surface area contributed by atoms with Gasteiger partial charge in [0.1, 0.15) is 0 Å². The zero-order valence-corrected chi connectivity index (χ0v) is 13.4. The quantitative estimate of drug-likeness (QED) is 0.907. The molecule has 0 aliphatic heterocycles. The first-order valence-electron chi connectivity index (χ1n) is 8.11. The Balaban J connectivity index is 2.13. The van der Waals surface area contributed by atoms with E-state index in [0.717, 1.165) is 17.9 Å². The number of hydrogen-bond acceptors (Lipinski definition) is 3. The van der Waals surface area contributed by atoms with E-state index >= 15 is 0 Å². The van der Waals surface area contributed by atoms with Crippen LogP contribution in [0.3, 0.4) is 0 Å². The molecule has 3 nitrogen and oxygen atoms in total. The highest BCUT2D eigenvalue weighted by Crippen LogP contribution is 2.48. The van der Waals surface area contributed by atoms with E-state index in [1.807, 2.05) is 0 Å². The van der Waals surface area contributed by atoms with E-state index < -0.39 is 0 Å². The van der Waals surface area contributed by atoms with Gasteiger partial charge in [0, 0.05) is 11.5 Å². The van der Waals surface area contributed by atoms with Gasteiger partial charge in [-0.3, -0.25) is 0 Å². The minimum atomic E-state index is 0.0677. The van der Waals surface area contributed by atoms with Crippen molar-refractivity contribution in [1.82, 2.24) is 0 Å². The number of rotatable bonds is 2. The summed E-state index contributed by atoms with van der Waals surface area (Å²) in [4.78, 5) is 0. The second kappa shape index (κ2) is 5.53. The molecular weight excluding hydrogens is 262 g/mol. The molecule has 2 aliphatic carbocycles. The Morgan fingerprint density at radius 3 is 2.52 bits per heavy atom. The maximum absolute atomic E-state index is 6.69. The molecule has 0 radical (unpaired) electrons. The molecule has 2 N–H and O–H groups in total. The third kappa shape index (κ3) is 2.32. The van der Waals surface area contributed by atoms with Crippen LogP contribution in [0.2, 0.25) is 0 Å². The minimum Gasteiger partial charge on any atom is -0.493 e. The molecule has 1 aromatic carbocycles. The molecule has 2 bridgehead atoms. The largest absolute Gasteiger partial charge is 0.493 e. The van der Waals surface area contributed by atoms with Crippen LogP contribution in [-0.2, 0) is 11.8 Å². The Morgan fingerprint density at radius 1 is 1.10 bits per heavy atom. The number of benzene rings is 1. The van der Waals surface area contributed by atoms with Crippen LogP contribution in [0.1, 0.15) is 50.2 Å². The van der Waals surface area contributed by atoms with Crippen LogP contribution < -0.4 is 15.2 Å². The molecule has 3 rings (SSSR count). The van der Waals surface area contributed by atoms with Gasteiger partial charge in [-0.05, 0) is 48.4 Å². The predicted octanol–water partition coefficient (Wildman–Crippen LogP) is 3.43. The minimum absolute atomic E-state index is 0.0677. The van der Waals surface area contributed by atoms with Crippen LogP contribution in [0.5, 0.6) is 11.5 Å². The van der Waals surface area contributed by atoms with Crippen molar-refractivity contribution in [2.75, 3.05) is 14.2 Å². The van der Waals surface area contributed by atoms with Crippen molar-refractivity contribution in [2.24, 2.45) is 11.7 Å². The Morgan fingerprint density at radius 2 is 1.81 bits per heavy atom. The lowest BCUT2D eigenvalue weighted by molar-refractivity contribution is 0.200. The highest BCUT2D eigenvalue weighted by atomic mass is 16.5. The van der Waals surface area contributed by atoms with Crippen molar-refractivity contribution >= 4 is 0 Å². The molecule has 0 spiro atoms. The maximum atomic E-state index is 6.69. The number of methoxy groups -OCH3 is 2. The molecule has 0 saturated heterocycles. The van der Waals surface area contributed by atoms with Gasteiger partial charge >= 0.3 is 0 Å². The number of hydrogen-bond donors (Lipinski definition) is 1. The summed E-state index contributed by atoms with van der Waals surface area (Å²) in [5.74, 6) is 2.26. The summed E-state index contributed by atoms with van der Waals surface area (Å²) in [6, 6.07) is 4.60. The first kappa shape index (κ1) is 14.7. The van der Waals surface area contributed by atoms with Crippen molar-refractivity contribution in [2.45, 2.75) is 56.9 Å². The summed E-state index contributed by atoms with van der Waals surface area (Å²) in [6.45, 7) is 2.35. The van der Waals surface area contributed by atoms with Crippen LogP contribution in [0, 0.1) is 5.92 Å². The average molecular weight is 289 g/mol. The van der Waals surface area contributed by atoms with E-state index in [1.165, 1.54) is 43.2 Å². The zero-order valence-electron chi connectivity index (χ0n) is 13.4. The first-order valence-corrected chi connectivity index (χ1v) is 8.11. The standard InChI is InChI=1S/C18H27NO2/c1-18-8-6-4-5-7-12(17(18)19)9-13-10-15(20-2)16(21-3)11-14(13)18/h10-12,17H,4-9,19H2,1-3H3. The Bertz CT molecular complexity index is 528. The van der Waals surface area contributed by atoms with E-state index in [9.17, 15) is 0 Å². The SMILES string of the molecule is COc1cc2c(cc1OC)C1(C)CCCCCC(C2)C1N. The van der Waals surface area contributed by atoms with Gasteiger partial charge < -0.3 is 15.2 Å². The Kier molecular flexibility index (Phi) is 3.87. The highest BCUT2D eigenvalue weighted by Gasteiger charge is 2.44. The van der Waals surface area contributed by atoms with Gasteiger partial charge in [-0.1, -0.05) is 26.2 Å². The summed E-state index contributed by atoms with van der Waals surface area (Å²) in [7, 11) is 3.41. The van der Waals surface area contributed by atoms with Crippen molar-refractivity contribution in [1.29, 1.82) is 0 Å². The van der Waals surface area contributed by atoms with Gasteiger partial charge in [-0.15, -0.1) is 0 Å². The fraction of sp³-hybridized carbons (Fsp3) is 0.667. The van der Waals surface area contributed by atoms with Crippen LogP contribution in [0.4, 0.5) is 0 Å². The second-order valence-corrected chi connectivity index (χ2v) is 6.87. The van der Waals surface area contributed by atoms with Crippen LogP contribution in [-0.4, -0.2) is 20.3 Å². The normalized spacial score (nSPS) is 31.8. The smallest absolute Gasteiger partial charge is 0.161 e. The predicted molar refractivity (Wildman–Crippen MR) is 85.2 cm³/mol. The topological polar surface area (TPSA) is 44.5 Å². The van der Waals surface area contributed by atoms with Gasteiger partial charge in [0.15, 0.2) is 11.5 Å². The van der Waals surface area contributed by atoms with Gasteiger partial charge in [0.05, 0.1) is 14.2 Å². The van der Waals surface area contributed by atoms with Crippen molar-refractivity contribution in [3.63, 3.8) is 0 Å². The fourth-order valence-electron chi connectivity index (χ4n) is 4.39. The molecule has 1 saturated carbocycles. The molecule has 3 heteroatoms. The van der Waals surface area contributed by atoms with E-state index in [-0.39, 0.29) is 11.5 Å². The monoisotopic (exact) mass is 289 g/mol. The molecule has 3 unspecified atom stereocenters. The molecule has 0 heterocycles. The molecule has 21 heavy (non-hydrogen) atoms. The van der Waals surface area contributed by atoms with Gasteiger partial charge in [0.25, 0.3) is 0 Å².